The Morgan fingerprint density at radius 1 is 1.04 bits per heavy atom. The number of aromatic nitrogens is 2. The summed E-state index contributed by atoms with van der Waals surface area (Å²) < 4.78 is 13.2. The van der Waals surface area contributed by atoms with Gasteiger partial charge in [-0.15, -0.1) is 0 Å². The molecule has 1 aromatic heterocycles. The average molecular weight is 333 g/mol. The molecule has 1 N–H and O–H groups in total. The summed E-state index contributed by atoms with van der Waals surface area (Å²) in [6.07, 6.45) is 3.40. The number of hydrogen-bond acceptors (Lipinski definition) is 3. The molecule has 3 aromatic rings. The van der Waals surface area contributed by atoms with Crippen molar-refractivity contribution in [1.29, 1.82) is 0 Å². The van der Waals surface area contributed by atoms with Crippen LogP contribution in [0.5, 0.6) is 0 Å². The maximum atomic E-state index is 13.2. The van der Waals surface area contributed by atoms with Crippen molar-refractivity contribution < 1.29 is 4.39 Å². The van der Waals surface area contributed by atoms with Crippen LogP contribution in [0.4, 0.5) is 10.2 Å². The van der Waals surface area contributed by atoms with Gasteiger partial charge in [0.25, 0.3) is 0 Å². The second kappa shape index (κ2) is 6.63. The van der Waals surface area contributed by atoms with Crippen molar-refractivity contribution in [2.75, 3.05) is 5.32 Å². The van der Waals surface area contributed by atoms with E-state index in [-0.39, 0.29) is 11.9 Å². The summed E-state index contributed by atoms with van der Waals surface area (Å²) >= 11 is 0. The summed E-state index contributed by atoms with van der Waals surface area (Å²) in [6, 6.07) is 17.2. The van der Waals surface area contributed by atoms with E-state index in [2.05, 4.69) is 39.6 Å². The molecule has 3 nitrogen and oxygen atoms in total. The van der Waals surface area contributed by atoms with Crippen molar-refractivity contribution in [3.8, 4) is 11.3 Å². The van der Waals surface area contributed by atoms with Gasteiger partial charge in [-0.05, 0) is 61.6 Å². The summed E-state index contributed by atoms with van der Waals surface area (Å²) in [5, 5.41) is 3.57. The predicted octanol–water partition coefficient (Wildman–Crippen LogP) is 5.08. The van der Waals surface area contributed by atoms with Crippen LogP contribution in [0.1, 0.15) is 35.8 Å². The van der Waals surface area contributed by atoms with Crippen molar-refractivity contribution in [2.24, 2.45) is 0 Å². The van der Waals surface area contributed by atoms with Gasteiger partial charge in [-0.25, -0.2) is 14.4 Å². The number of rotatable bonds is 3. The van der Waals surface area contributed by atoms with Gasteiger partial charge in [0, 0.05) is 11.6 Å². The van der Waals surface area contributed by atoms with E-state index in [0.717, 1.165) is 29.9 Å². The molecule has 2 aromatic carbocycles. The lowest BCUT2D eigenvalue weighted by Gasteiger charge is -2.27. The summed E-state index contributed by atoms with van der Waals surface area (Å²) in [7, 11) is 0. The monoisotopic (exact) mass is 333 g/mol. The van der Waals surface area contributed by atoms with Gasteiger partial charge in [0.15, 0.2) is 0 Å². The summed E-state index contributed by atoms with van der Waals surface area (Å²) in [5.41, 5.74) is 4.46. The van der Waals surface area contributed by atoms with Gasteiger partial charge in [0.2, 0.25) is 0 Å². The second-order valence-corrected chi connectivity index (χ2v) is 6.48. The van der Waals surface area contributed by atoms with Crippen LogP contribution < -0.4 is 5.32 Å². The third-order valence-electron chi connectivity index (χ3n) is 4.67. The maximum absolute atomic E-state index is 13.2. The molecule has 25 heavy (non-hydrogen) atoms. The van der Waals surface area contributed by atoms with E-state index in [1.807, 2.05) is 13.0 Å². The first-order valence-electron chi connectivity index (χ1n) is 8.65. The largest absolute Gasteiger partial charge is 0.363 e. The minimum absolute atomic E-state index is 0.244. The molecule has 4 heteroatoms. The summed E-state index contributed by atoms with van der Waals surface area (Å²) in [6.45, 7) is 1.88. The van der Waals surface area contributed by atoms with Gasteiger partial charge in [-0.3, -0.25) is 0 Å². The van der Waals surface area contributed by atoms with E-state index in [9.17, 15) is 4.39 Å². The van der Waals surface area contributed by atoms with Crippen molar-refractivity contribution >= 4 is 5.82 Å². The number of aryl methyl sites for hydroxylation is 2. The Kier molecular flexibility index (Phi) is 4.18. The third kappa shape index (κ3) is 3.38. The van der Waals surface area contributed by atoms with E-state index < -0.39 is 0 Å². The van der Waals surface area contributed by atoms with Crippen molar-refractivity contribution in [3.05, 3.63) is 77.4 Å². The SMILES string of the molecule is Cc1nc(NC2CCCc3ccccc32)cc(-c2ccc(F)cc2)n1. The molecule has 0 spiro atoms. The summed E-state index contributed by atoms with van der Waals surface area (Å²) in [5.74, 6) is 1.27. The average Bonchev–Trinajstić information content (AvgIpc) is 2.62. The van der Waals surface area contributed by atoms with Crippen LogP contribution in [0.25, 0.3) is 11.3 Å². The van der Waals surface area contributed by atoms with E-state index in [1.165, 1.54) is 29.7 Å². The van der Waals surface area contributed by atoms with Crippen LogP contribution >= 0.6 is 0 Å². The Hall–Kier alpha value is -2.75. The number of benzene rings is 2. The zero-order valence-electron chi connectivity index (χ0n) is 14.2. The van der Waals surface area contributed by atoms with Crippen LogP contribution in [-0.2, 0) is 6.42 Å². The van der Waals surface area contributed by atoms with E-state index in [1.54, 1.807) is 12.1 Å². The number of nitrogens with one attached hydrogen (secondary N) is 1. The predicted molar refractivity (Wildman–Crippen MR) is 97.9 cm³/mol. The van der Waals surface area contributed by atoms with E-state index in [4.69, 9.17) is 0 Å². The Labute approximate surface area is 147 Å². The molecule has 1 aliphatic carbocycles. The number of anilines is 1. The molecular formula is C21H20FN3. The minimum atomic E-state index is -0.244. The standard InChI is InChI=1S/C21H20FN3/c1-14-23-20(16-9-11-17(22)12-10-16)13-21(24-14)25-19-8-4-6-15-5-2-3-7-18(15)19/h2-3,5,7,9-13,19H,4,6,8H2,1H3,(H,23,24,25). The number of hydrogen-bond donors (Lipinski definition) is 1. The molecule has 1 aliphatic rings. The van der Waals surface area contributed by atoms with Gasteiger partial charge in [-0.2, -0.15) is 0 Å². The lowest BCUT2D eigenvalue weighted by molar-refractivity contribution is 0.598. The molecule has 0 saturated heterocycles. The second-order valence-electron chi connectivity index (χ2n) is 6.48. The van der Waals surface area contributed by atoms with Gasteiger partial charge in [-0.1, -0.05) is 24.3 Å². The van der Waals surface area contributed by atoms with Gasteiger partial charge in [0.05, 0.1) is 11.7 Å². The number of halogens is 1. The third-order valence-corrected chi connectivity index (χ3v) is 4.67. The normalized spacial score (nSPS) is 16.3. The molecule has 0 fully saturated rings. The highest BCUT2D eigenvalue weighted by atomic mass is 19.1. The molecule has 4 rings (SSSR count). The molecule has 0 aliphatic heterocycles. The Bertz CT molecular complexity index is 890. The van der Waals surface area contributed by atoms with Gasteiger partial charge < -0.3 is 5.32 Å². The van der Waals surface area contributed by atoms with Crippen LogP contribution in [-0.4, -0.2) is 9.97 Å². The Balaban J connectivity index is 1.65. The Morgan fingerprint density at radius 3 is 2.68 bits per heavy atom. The lowest BCUT2D eigenvalue weighted by atomic mass is 9.88. The Morgan fingerprint density at radius 2 is 1.84 bits per heavy atom. The van der Waals surface area contributed by atoms with Gasteiger partial charge >= 0.3 is 0 Å². The van der Waals surface area contributed by atoms with Gasteiger partial charge in [0.1, 0.15) is 17.5 Å². The van der Waals surface area contributed by atoms with E-state index in [0.29, 0.717) is 5.82 Å². The highest BCUT2D eigenvalue weighted by molar-refractivity contribution is 5.62. The highest BCUT2D eigenvalue weighted by Gasteiger charge is 2.20. The fraction of sp³-hybridized carbons (Fsp3) is 0.238. The first kappa shape index (κ1) is 15.8. The fourth-order valence-corrected chi connectivity index (χ4v) is 3.49. The molecule has 0 radical (unpaired) electrons. The quantitative estimate of drug-likeness (QED) is 0.726. The molecule has 1 heterocycles. The fourth-order valence-electron chi connectivity index (χ4n) is 3.49. The zero-order valence-corrected chi connectivity index (χ0v) is 14.2. The van der Waals surface area contributed by atoms with E-state index >= 15 is 0 Å². The topological polar surface area (TPSA) is 37.8 Å². The maximum Gasteiger partial charge on any atom is 0.130 e. The van der Waals surface area contributed by atoms with Crippen LogP contribution in [0.15, 0.2) is 54.6 Å². The molecule has 0 bridgehead atoms. The minimum Gasteiger partial charge on any atom is -0.363 e. The summed E-state index contributed by atoms with van der Waals surface area (Å²) in [4.78, 5) is 9.05. The van der Waals surface area contributed by atoms with Crippen molar-refractivity contribution in [3.63, 3.8) is 0 Å². The zero-order chi connectivity index (χ0) is 17.2. The van der Waals surface area contributed by atoms with Crippen LogP contribution in [0.3, 0.4) is 0 Å². The molecule has 126 valence electrons. The molecule has 1 unspecified atom stereocenters. The highest BCUT2D eigenvalue weighted by Crippen LogP contribution is 2.32. The van der Waals surface area contributed by atoms with Crippen LogP contribution in [0, 0.1) is 12.7 Å². The van der Waals surface area contributed by atoms with Crippen molar-refractivity contribution in [2.45, 2.75) is 32.2 Å². The first-order chi connectivity index (χ1) is 12.2. The first-order valence-corrected chi connectivity index (χ1v) is 8.65. The smallest absolute Gasteiger partial charge is 0.130 e. The lowest BCUT2D eigenvalue weighted by Crippen LogP contribution is -2.18. The van der Waals surface area contributed by atoms with Crippen molar-refractivity contribution in [1.82, 2.24) is 9.97 Å². The molecular weight excluding hydrogens is 313 g/mol. The molecule has 0 amide bonds. The number of nitrogens with zero attached hydrogens (tertiary/aromatic N) is 2. The van der Waals surface area contributed by atoms with Crippen LogP contribution in [0.2, 0.25) is 0 Å². The number of fused-ring (bicyclic) bond motifs is 1. The molecule has 1 atom stereocenters. The molecule has 0 saturated carbocycles.